The summed E-state index contributed by atoms with van der Waals surface area (Å²) in [7, 11) is 0. The van der Waals surface area contributed by atoms with E-state index in [0.29, 0.717) is 18.3 Å². The Hall–Kier alpha value is -0.450. The molecule has 0 aromatic carbocycles. The second kappa shape index (κ2) is 5.98. The number of hydrogen-bond acceptors (Lipinski definition) is 4. The molecule has 2 rings (SSSR count). The first-order chi connectivity index (χ1) is 9.66. The minimum Gasteiger partial charge on any atom is -0.389 e. The summed E-state index contributed by atoms with van der Waals surface area (Å²) in [6.07, 6.45) is 5.04. The van der Waals surface area contributed by atoms with E-state index < -0.39 is 11.6 Å². The summed E-state index contributed by atoms with van der Waals surface area (Å²) in [5.74, 6) is 1.10. The SMILES string of the molecule is C[C@@H](OC[C@H](N)C(C)(C)O)C1CCC2C(=O)CCCC21C. The van der Waals surface area contributed by atoms with Crippen molar-refractivity contribution >= 4 is 5.78 Å². The molecule has 2 saturated carbocycles. The number of Topliss-reactive ketones (excluding diaryl/α,β-unsaturated/α-hetero) is 1. The molecule has 2 aliphatic carbocycles. The van der Waals surface area contributed by atoms with Gasteiger partial charge in [-0.25, -0.2) is 0 Å². The predicted molar refractivity (Wildman–Crippen MR) is 82.9 cm³/mol. The maximum atomic E-state index is 12.2. The molecule has 3 N–H and O–H groups in total. The van der Waals surface area contributed by atoms with Crippen LogP contribution in [0.4, 0.5) is 0 Å². The summed E-state index contributed by atoms with van der Waals surface area (Å²) in [6.45, 7) is 8.13. The highest BCUT2D eigenvalue weighted by atomic mass is 16.5. The Balaban J connectivity index is 1.97. The minimum absolute atomic E-state index is 0.0827. The minimum atomic E-state index is -0.928. The van der Waals surface area contributed by atoms with E-state index in [9.17, 15) is 9.90 Å². The summed E-state index contributed by atoms with van der Waals surface area (Å²) in [5, 5.41) is 9.89. The van der Waals surface area contributed by atoms with Crippen molar-refractivity contribution in [1.29, 1.82) is 0 Å². The number of fused-ring (bicyclic) bond motifs is 1. The molecule has 2 fully saturated rings. The lowest BCUT2D eigenvalue weighted by Crippen LogP contribution is -2.48. The number of rotatable bonds is 5. The van der Waals surface area contributed by atoms with Crippen LogP contribution in [-0.2, 0) is 9.53 Å². The van der Waals surface area contributed by atoms with Crippen LogP contribution in [-0.4, -0.2) is 35.2 Å². The zero-order valence-electron chi connectivity index (χ0n) is 13.9. The predicted octanol–water partition coefficient (Wildman–Crippen LogP) is 2.28. The fraction of sp³-hybridized carbons (Fsp3) is 0.941. The molecule has 21 heavy (non-hydrogen) atoms. The van der Waals surface area contributed by atoms with Crippen molar-refractivity contribution in [3.05, 3.63) is 0 Å². The van der Waals surface area contributed by atoms with E-state index in [1.165, 1.54) is 0 Å². The maximum absolute atomic E-state index is 12.2. The van der Waals surface area contributed by atoms with Gasteiger partial charge in [0.05, 0.1) is 24.4 Å². The van der Waals surface area contributed by atoms with Crippen LogP contribution < -0.4 is 5.73 Å². The van der Waals surface area contributed by atoms with Gasteiger partial charge < -0.3 is 15.6 Å². The van der Waals surface area contributed by atoms with Gasteiger partial charge in [-0.1, -0.05) is 6.92 Å². The van der Waals surface area contributed by atoms with Crippen molar-refractivity contribution in [3.8, 4) is 0 Å². The summed E-state index contributed by atoms with van der Waals surface area (Å²) in [4.78, 5) is 12.2. The Morgan fingerprint density at radius 1 is 1.48 bits per heavy atom. The van der Waals surface area contributed by atoms with Gasteiger partial charge in [-0.3, -0.25) is 4.79 Å². The van der Waals surface area contributed by atoms with Gasteiger partial charge in [0.1, 0.15) is 5.78 Å². The van der Waals surface area contributed by atoms with Crippen LogP contribution in [0, 0.1) is 17.3 Å². The number of nitrogens with two attached hydrogens (primary N) is 1. The fourth-order valence-corrected chi connectivity index (χ4v) is 4.32. The van der Waals surface area contributed by atoms with Crippen LogP contribution in [0.1, 0.15) is 59.8 Å². The molecular formula is C17H31NO3. The van der Waals surface area contributed by atoms with Gasteiger partial charge in [0.2, 0.25) is 0 Å². The number of ketones is 1. The molecule has 4 heteroatoms. The molecule has 0 radical (unpaired) electrons. The molecule has 0 spiro atoms. The van der Waals surface area contributed by atoms with Crippen molar-refractivity contribution in [2.75, 3.05) is 6.61 Å². The normalized spacial score (nSPS) is 36.4. The first-order valence-corrected chi connectivity index (χ1v) is 8.28. The molecule has 4 nitrogen and oxygen atoms in total. The third-order valence-corrected chi connectivity index (χ3v) is 5.95. The molecule has 0 saturated heterocycles. The van der Waals surface area contributed by atoms with Crippen molar-refractivity contribution in [1.82, 2.24) is 0 Å². The average molecular weight is 297 g/mol. The zero-order valence-corrected chi connectivity index (χ0v) is 13.9. The molecule has 122 valence electrons. The molecule has 3 unspecified atom stereocenters. The summed E-state index contributed by atoms with van der Waals surface area (Å²) in [5.41, 5.74) is 5.12. The largest absolute Gasteiger partial charge is 0.389 e. The van der Waals surface area contributed by atoms with Gasteiger partial charge in [-0.15, -0.1) is 0 Å². The smallest absolute Gasteiger partial charge is 0.136 e. The molecule has 0 heterocycles. The van der Waals surface area contributed by atoms with E-state index in [2.05, 4.69) is 13.8 Å². The first-order valence-electron chi connectivity index (χ1n) is 8.28. The van der Waals surface area contributed by atoms with Crippen LogP contribution in [0.5, 0.6) is 0 Å². The zero-order chi connectivity index (χ0) is 15.8. The van der Waals surface area contributed by atoms with Crippen LogP contribution in [0.15, 0.2) is 0 Å². The molecule has 0 amide bonds. The third-order valence-electron chi connectivity index (χ3n) is 5.95. The fourth-order valence-electron chi connectivity index (χ4n) is 4.32. The molecule has 2 aliphatic rings. The number of carbonyl (C=O) groups is 1. The van der Waals surface area contributed by atoms with E-state index in [1.54, 1.807) is 13.8 Å². The molecule has 0 aromatic rings. The van der Waals surface area contributed by atoms with Crippen LogP contribution >= 0.6 is 0 Å². The van der Waals surface area contributed by atoms with Gasteiger partial charge in [-0.2, -0.15) is 0 Å². The summed E-state index contributed by atoms with van der Waals surface area (Å²) >= 11 is 0. The van der Waals surface area contributed by atoms with Gasteiger partial charge >= 0.3 is 0 Å². The number of ether oxygens (including phenoxy) is 1. The molecule has 5 atom stereocenters. The van der Waals surface area contributed by atoms with Crippen LogP contribution in [0.25, 0.3) is 0 Å². The van der Waals surface area contributed by atoms with Crippen molar-refractivity contribution in [2.24, 2.45) is 23.0 Å². The topological polar surface area (TPSA) is 72.6 Å². The number of aliphatic hydroxyl groups is 1. The number of hydrogen-bond donors (Lipinski definition) is 2. The van der Waals surface area contributed by atoms with E-state index in [1.807, 2.05) is 0 Å². The van der Waals surface area contributed by atoms with Crippen molar-refractivity contribution in [3.63, 3.8) is 0 Å². The first kappa shape index (κ1) is 16.9. The number of carbonyl (C=O) groups excluding carboxylic acids is 1. The molecular weight excluding hydrogens is 266 g/mol. The van der Waals surface area contributed by atoms with Crippen LogP contribution in [0.3, 0.4) is 0 Å². The standard InChI is InChI=1S/C17H31NO3/c1-11(21-10-15(18)16(2,3)20)12-7-8-13-14(19)6-5-9-17(12,13)4/h11-13,15,20H,5-10,18H2,1-4H3/t11-,12?,13?,15+,17?/m1/s1. The van der Waals surface area contributed by atoms with Crippen LogP contribution in [0.2, 0.25) is 0 Å². The van der Waals surface area contributed by atoms with E-state index >= 15 is 0 Å². The second-order valence-electron chi connectivity index (χ2n) is 7.86. The Morgan fingerprint density at radius 2 is 2.14 bits per heavy atom. The highest BCUT2D eigenvalue weighted by molar-refractivity contribution is 5.83. The Kier molecular flexibility index (Phi) is 4.81. The second-order valence-corrected chi connectivity index (χ2v) is 7.86. The van der Waals surface area contributed by atoms with Crippen molar-refractivity contribution < 1.29 is 14.6 Å². The van der Waals surface area contributed by atoms with E-state index in [-0.39, 0.29) is 17.4 Å². The Morgan fingerprint density at radius 3 is 2.76 bits per heavy atom. The van der Waals surface area contributed by atoms with E-state index in [0.717, 1.165) is 32.1 Å². The Labute approximate surface area is 128 Å². The molecule has 0 aliphatic heterocycles. The van der Waals surface area contributed by atoms with Gasteiger partial charge in [0.15, 0.2) is 0 Å². The highest BCUT2D eigenvalue weighted by Gasteiger charge is 2.52. The third kappa shape index (κ3) is 3.33. The van der Waals surface area contributed by atoms with E-state index in [4.69, 9.17) is 10.5 Å². The summed E-state index contributed by atoms with van der Waals surface area (Å²) in [6, 6.07) is -0.391. The maximum Gasteiger partial charge on any atom is 0.136 e. The highest BCUT2D eigenvalue weighted by Crippen LogP contribution is 2.55. The molecule has 0 bridgehead atoms. The lowest BCUT2D eigenvalue weighted by molar-refractivity contribution is -0.131. The van der Waals surface area contributed by atoms with Gasteiger partial charge in [0.25, 0.3) is 0 Å². The average Bonchev–Trinajstić information content (AvgIpc) is 2.73. The summed E-state index contributed by atoms with van der Waals surface area (Å²) < 4.78 is 5.97. The van der Waals surface area contributed by atoms with Crippen molar-refractivity contribution in [2.45, 2.75) is 77.5 Å². The lowest BCUT2D eigenvalue weighted by Gasteiger charge is -2.42. The quantitative estimate of drug-likeness (QED) is 0.816. The van der Waals surface area contributed by atoms with Gasteiger partial charge in [0, 0.05) is 12.3 Å². The molecule has 0 aromatic heterocycles. The van der Waals surface area contributed by atoms with Gasteiger partial charge in [-0.05, 0) is 57.8 Å². The lowest BCUT2D eigenvalue weighted by atomic mass is 9.64. The Bertz CT molecular complexity index is 390. The monoisotopic (exact) mass is 297 g/mol.